The normalized spacial score (nSPS) is 12.9. The molecule has 2 aromatic carbocycles. The van der Waals surface area contributed by atoms with Crippen LogP contribution in [-0.2, 0) is 16.0 Å². The zero-order valence-electron chi connectivity index (χ0n) is 16.4. The van der Waals surface area contributed by atoms with Gasteiger partial charge in [0, 0.05) is 0 Å². The SMILES string of the molecule is CN[C@@H](Cc1cccc2ccccc12)C(=O)N[C@@H](CC(C)C)C(=O)B(O)O.Cl. The maximum absolute atomic E-state index is 12.7. The van der Waals surface area contributed by atoms with E-state index in [1.165, 1.54) is 0 Å². The van der Waals surface area contributed by atoms with Gasteiger partial charge >= 0.3 is 7.12 Å². The number of rotatable bonds is 9. The highest BCUT2D eigenvalue weighted by Crippen LogP contribution is 2.20. The minimum absolute atomic E-state index is 0. The molecule has 152 valence electrons. The van der Waals surface area contributed by atoms with Gasteiger partial charge < -0.3 is 25.5 Å². The summed E-state index contributed by atoms with van der Waals surface area (Å²) in [6, 6.07) is 12.4. The van der Waals surface area contributed by atoms with E-state index < -0.39 is 24.9 Å². The summed E-state index contributed by atoms with van der Waals surface area (Å²) in [6.45, 7) is 3.81. The van der Waals surface area contributed by atoms with Crippen LogP contribution in [0.15, 0.2) is 42.5 Å². The molecule has 0 saturated carbocycles. The number of hydrogen-bond acceptors (Lipinski definition) is 5. The van der Waals surface area contributed by atoms with Gasteiger partial charge in [-0.05, 0) is 42.1 Å². The molecular weight excluding hydrogens is 378 g/mol. The van der Waals surface area contributed by atoms with E-state index in [2.05, 4.69) is 10.6 Å². The van der Waals surface area contributed by atoms with Crippen molar-refractivity contribution in [3.63, 3.8) is 0 Å². The second kappa shape index (κ2) is 11.2. The van der Waals surface area contributed by atoms with Crippen molar-refractivity contribution in [2.45, 2.75) is 38.8 Å². The zero-order chi connectivity index (χ0) is 20.0. The van der Waals surface area contributed by atoms with Crippen LogP contribution in [0.5, 0.6) is 0 Å². The molecular formula is C20H28BClN2O4. The second-order valence-electron chi connectivity index (χ2n) is 7.15. The number of nitrogens with one attached hydrogen (secondary N) is 2. The van der Waals surface area contributed by atoms with Gasteiger partial charge in [0.05, 0.1) is 12.1 Å². The van der Waals surface area contributed by atoms with Gasteiger partial charge in [0.15, 0.2) is 5.68 Å². The van der Waals surface area contributed by atoms with Gasteiger partial charge in [-0.2, -0.15) is 0 Å². The van der Waals surface area contributed by atoms with Crippen molar-refractivity contribution in [3.8, 4) is 0 Å². The highest BCUT2D eigenvalue weighted by atomic mass is 35.5. The smallest absolute Gasteiger partial charge is 0.421 e. The van der Waals surface area contributed by atoms with Crippen LogP contribution in [-0.4, -0.2) is 47.9 Å². The Kier molecular flexibility index (Phi) is 9.62. The van der Waals surface area contributed by atoms with Crippen molar-refractivity contribution >= 4 is 41.9 Å². The molecule has 0 radical (unpaired) electrons. The number of carbonyl (C=O) groups excluding carboxylic acids is 2. The minimum atomic E-state index is -2.10. The lowest BCUT2D eigenvalue weighted by molar-refractivity contribution is -0.127. The molecule has 4 N–H and O–H groups in total. The van der Waals surface area contributed by atoms with E-state index in [4.69, 9.17) is 0 Å². The van der Waals surface area contributed by atoms with Crippen LogP contribution in [0.2, 0.25) is 0 Å². The third-order valence-electron chi connectivity index (χ3n) is 4.59. The van der Waals surface area contributed by atoms with Crippen LogP contribution in [0, 0.1) is 5.92 Å². The molecule has 0 aromatic heterocycles. The van der Waals surface area contributed by atoms with E-state index in [-0.39, 0.29) is 24.2 Å². The molecule has 0 aliphatic heterocycles. The molecule has 0 spiro atoms. The Morgan fingerprint density at radius 1 is 1.04 bits per heavy atom. The molecule has 0 heterocycles. The Balaban J connectivity index is 0.00000392. The van der Waals surface area contributed by atoms with Crippen LogP contribution in [0.1, 0.15) is 25.8 Å². The Morgan fingerprint density at radius 2 is 1.68 bits per heavy atom. The molecule has 0 aliphatic rings. The van der Waals surface area contributed by atoms with E-state index in [1.54, 1.807) is 7.05 Å². The maximum Gasteiger partial charge on any atom is 0.529 e. The number of amides is 1. The standard InChI is InChI=1S/C20H27BN2O4.ClH/c1-13(2)11-17(19(24)21(26)27)23-20(25)18(22-3)12-15-9-6-8-14-7-4-5-10-16(14)15;/h4-10,13,17-18,22,26-27H,11-12H2,1-3H3,(H,23,25);1H/t17-,18-;/m0./s1. The molecule has 2 atom stereocenters. The van der Waals surface area contributed by atoms with Gasteiger partial charge in [-0.3, -0.25) is 4.79 Å². The minimum Gasteiger partial charge on any atom is -0.421 e. The number of hydrogen-bond donors (Lipinski definition) is 4. The lowest BCUT2D eigenvalue weighted by Crippen LogP contribution is -2.53. The molecule has 0 unspecified atom stereocenters. The molecule has 0 saturated heterocycles. The summed E-state index contributed by atoms with van der Waals surface area (Å²) in [5, 5.41) is 26.3. The van der Waals surface area contributed by atoms with Crippen LogP contribution in [0.4, 0.5) is 0 Å². The van der Waals surface area contributed by atoms with Crippen molar-refractivity contribution in [2.24, 2.45) is 5.92 Å². The molecule has 0 fully saturated rings. The van der Waals surface area contributed by atoms with E-state index in [0.29, 0.717) is 12.8 Å². The van der Waals surface area contributed by atoms with E-state index in [0.717, 1.165) is 16.3 Å². The molecule has 28 heavy (non-hydrogen) atoms. The van der Waals surface area contributed by atoms with Crippen molar-refractivity contribution in [1.82, 2.24) is 10.6 Å². The van der Waals surface area contributed by atoms with Crippen molar-refractivity contribution in [3.05, 3.63) is 48.0 Å². The monoisotopic (exact) mass is 406 g/mol. The number of likely N-dealkylation sites (N-methyl/N-ethyl adjacent to an activating group) is 1. The molecule has 8 heteroatoms. The molecule has 0 bridgehead atoms. The summed E-state index contributed by atoms with van der Waals surface area (Å²) in [5.41, 5.74) is 0.230. The van der Waals surface area contributed by atoms with Gasteiger partial charge in [0.2, 0.25) is 5.91 Å². The molecule has 6 nitrogen and oxygen atoms in total. The highest BCUT2D eigenvalue weighted by molar-refractivity contribution is 6.79. The maximum atomic E-state index is 12.7. The topological polar surface area (TPSA) is 98.7 Å². The Hall–Kier alpha value is -1.93. The first-order chi connectivity index (χ1) is 12.8. The number of benzene rings is 2. The van der Waals surface area contributed by atoms with Gasteiger partial charge in [-0.15, -0.1) is 12.4 Å². The van der Waals surface area contributed by atoms with E-state index >= 15 is 0 Å². The first-order valence-corrected chi connectivity index (χ1v) is 9.17. The summed E-state index contributed by atoms with van der Waals surface area (Å²) >= 11 is 0. The fourth-order valence-corrected chi connectivity index (χ4v) is 3.19. The predicted octanol–water partition coefficient (Wildman–Crippen LogP) is 1.50. The van der Waals surface area contributed by atoms with Crippen LogP contribution >= 0.6 is 12.4 Å². The zero-order valence-corrected chi connectivity index (χ0v) is 17.2. The van der Waals surface area contributed by atoms with Gasteiger partial charge in [-0.1, -0.05) is 56.3 Å². The lowest BCUT2D eigenvalue weighted by atomic mass is 9.77. The third kappa shape index (κ3) is 6.31. The van der Waals surface area contributed by atoms with E-state index in [9.17, 15) is 19.6 Å². The predicted molar refractivity (Wildman–Crippen MR) is 114 cm³/mol. The average molecular weight is 407 g/mol. The van der Waals surface area contributed by atoms with E-state index in [1.807, 2.05) is 56.3 Å². The summed E-state index contributed by atoms with van der Waals surface area (Å²) in [7, 11) is -0.407. The van der Waals surface area contributed by atoms with Crippen LogP contribution in [0.3, 0.4) is 0 Å². The largest absolute Gasteiger partial charge is 0.529 e. The molecule has 0 aliphatic carbocycles. The Morgan fingerprint density at radius 3 is 2.29 bits per heavy atom. The van der Waals surface area contributed by atoms with Crippen LogP contribution in [0.25, 0.3) is 10.8 Å². The fraction of sp³-hybridized carbons (Fsp3) is 0.400. The second-order valence-corrected chi connectivity index (χ2v) is 7.15. The first kappa shape index (κ1) is 24.1. The molecule has 2 aromatic rings. The van der Waals surface area contributed by atoms with Gasteiger partial charge in [0.1, 0.15) is 0 Å². The first-order valence-electron chi connectivity index (χ1n) is 9.17. The van der Waals surface area contributed by atoms with Gasteiger partial charge in [0.25, 0.3) is 0 Å². The summed E-state index contributed by atoms with van der Waals surface area (Å²) in [5.74, 6) is -0.228. The number of halogens is 1. The summed E-state index contributed by atoms with van der Waals surface area (Å²) < 4.78 is 0. The summed E-state index contributed by atoms with van der Waals surface area (Å²) in [6.07, 6.45) is 0.793. The molecule has 2 rings (SSSR count). The lowest BCUT2D eigenvalue weighted by Gasteiger charge is -2.23. The fourth-order valence-electron chi connectivity index (χ4n) is 3.19. The van der Waals surface area contributed by atoms with Gasteiger partial charge in [-0.25, -0.2) is 0 Å². The quantitative estimate of drug-likeness (QED) is 0.473. The Bertz CT molecular complexity index is 795. The highest BCUT2D eigenvalue weighted by Gasteiger charge is 2.32. The van der Waals surface area contributed by atoms with Crippen LogP contribution < -0.4 is 10.6 Å². The third-order valence-corrected chi connectivity index (χ3v) is 4.59. The van der Waals surface area contributed by atoms with Crippen molar-refractivity contribution < 1.29 is 19.6 Å². The number of carbonyl (C=O) groups is 2. The summed E-state index contributed by atoms with van der Waals surface area (Å²) in [4.78, 5) is 24.8. The van der Waals surface area contributed by atoms with Crippen molar-refractivity contribution in [1.29, 1.82) is 0 Å². The van der Waals surface area contributed by atoms with Crippen molar-refractivity contribution in [2.75, 3.05) is 7.05 Å². The number of fused-ring (bicyclic) bond motifs is 1. The Labute approximate surface area is 172 Å². The average Bonchev–Trinajstić information content (AvgIpc) is 2.64. The molecule has 1 amide bonds.